The normalized spacial score (nSPS) is 19.8. The molecule has 2 N–H and O–H groups in total. The molecule has 0 unspecified atom stereocenters. The fourth-order valence-corrected chi connectivity index (χ4v) is 3.32. The molecule has 1 aromatic rings. The van der Waals surface area contributed by atoms with Gasteiger partial charge in [0.15, 0.2) is 0 Å². The zero-order chi connectivity index (χ0) is 20.2. The first-order valence-electron chi connectivity index (χ1n) is 8.79. The van der Waals surface area contributed by atoms with E-state index in [1.54, 1.807) is 31.2 Å². The highest BCUT2D eigenvalue weighted by Gasteiger charge is 2.49. The molecule has 0 spiro atoms. The number of imide groups is 1. The summed E-state index contributed by atoms with van der Waals surface area (Å²) in [6.07, 6.45) is -0.583. The van der Waals surface area contributed by atoms with Crippen LogP contribution in [0.4, 0.5) is 9.59 Å². The van der Waals surface area contributed by atoms with Crippen LogP contribution in [0.3, 0.4) is 0 Å². The molecule has 27 heavy (non-hydrogen) atoms. The molecule has 0 radical (unpaired) electrons. The molecule has 0 aromatic heterocycles. The first kappa shape index (κ1) is 20.9. The van der Waals surface area contributed by atoms with Crippen molar-refractivity contribution < 1.29 is 23.9 Å². The Morgan fingerprint density at radius 1 is 1.22 bits per heavy atom. The van der Waals surface area contributed by atoms with Gasteiger partial charge in [0.05, 0.1) is 0 Å². The molecular formula is C18H27N3O5Si. The zero-order valence-electron chi connectivity index (χ0n) is 16.4. The van der Waals surface area contributed by atoms with Crippen molar-refractivity contribution in [2.45, 2.75) is 38.1 Å². The molecule has 1 heterocycles. The number of carbonyl (C=O) groups is 3. The second kappa shape index (κ2) is 8.09. The van der Waals surface area contributed by atoms with Gasteiger partial charge in [0.25, 0.3) is 5.91 Å². The summed E-state index contributed by atoms with van der Waals surface area (Å²) < 4.78 is 10.6. The highest BCUT2D eigenvalue weighted by molar-refractivity contribution is 6.76. The monoisotopic (exact) mass is 393 g/mol. The van der Waals surface area contributed by atoms with E-state index < -0.39 is 25.7 Å². The third kappa shape index (κ3) is 5.07. The Morgan fingerprint density at radius 2 is 1.85 bits per heavy atom. The minimum atomic E-state index is -1.24. The summed E-state index contributed by atoms with van der Waals surface area (Å²) in [5.74, 6) is -0.0366. The Balaban J connectivity index is 2.04. The van der Waals surface area contributed by atoms with E-state index >= 15 is 0 Å². The van der Waals surface area contributed by atoms with Crippen molar-refractivity contribution in [2.24, 2.45) is 0 Å². The van der Waals surface area contributed by atoms with Gasteiger partial charge in [-0.3, -0.25) is 4.79 Å². The van der Waals surface area contributed by atoms with Crippen molar-refractivity contribution in [3.05, 3.63) is 29.8 Å². The predicted octanol–water partition coefficient (Wildman–Crippen LogP) is 2.48. The van der Waals surface area contributed by atoms with E-state index in [9.17, 15) is 14.4 Å². The SMILES string of the molecule is CNC(=O)Oc1ccc([C@]2(C)NC(=O)N(COCC[Si](C)(C)C)C2=O)cc1. The number of carbonyl (C=O) groups excluding carboxylic acids is 3. The molecule has 9 heteroatoms. The summed E-state index contributed by atoms with van der Waals surface area (Å²) in [5, 5.41) is 5.07. The van der Waals surface area contributed by atoms with Gasteiger partial charge in [-0.1, -0.05) is 31.8 Å². The zero-order valence-corrected chi connectivity index (χ0v) is 17.4. The van der Waals surface area contributed by atoms with E-state index in [1.807, 2.05) is 0 Å². The Labute approximate surface area is 160 Å². The molecule has 1 fully saturated rings. The second-order valence-electron chi connectivity index (χ2n) is 7.80. The number of amides is 4. The van der Waals surface area contributed by atoms with Gasteiger partial charge >= 0.3 is 12.1 Å². The third-order valence-corrected chi connectivity index (χ3v) is 6.04. The van der Waals surface area contributed by atoms with Crippen LogP contribution < -0.4 is 15.4 Å². The van der Waals surface area contributed by atoms with Gasteiger partial charge in [0, 0.05) is 21.7 Å². The molecule has 0 bridgehead atoms. The molecule has 1 aliphatic heterocycles. The van der Waals surface area contributed by atoms with Crippen LogP contribution in [0.5, 0.6) is 5.75 Å². The number of nitrogens with zero attached hydrogens (tertiary/aromatic N) is 1. The topological polar surface area (TPSA) is 97.0 Å². The van der Waals surface area contributed by atoms with E-state index in [4.69, 9.17) is 9.47 Å². The maximum atomic E-state index is 12.8. The summed E-state index contributed by atoms with van der Waals surface area (Å²) in [6, 6.07) is 6.91. The maximum absolute atomic E-state index is 12.8. The Kier molecular flexibility index (Phi) is 6.27. The first-order valence-corrected chi connectivity index (χ1v) is 12.5. The summed E-state index contributed by atoms with van der Waals surface area (Å²) in [4.78, 5) is 37.4. The highest BCUT2D eigenvalue weighted by Crippen LogP contribution is 2.30. The number of nitrogens with one attached hydrogen (secondary N) is 2. The molecule has 0 saturated carbocycles. The number of hydrogen-bond acceptors (Lipinski definition) is 5. The van der Waals surface area contributed by atoms with Crippen LogP contribution >= 0.6 is 0 Å². The molecule has 4 amide bonds. The number of ether oxygens (including phenoxy) is 2. The van der Waals surface area contributed by atoms with Gasteiger partial charge in [0.2, 0.25) is 0 Å². The lowest BCUT2D eigenvalue weighted by atomic mass is 9.92. The summed E-state index contributed by atoms with van der Waals surface area (Å²) >= 11 is 0. The highest BCUT2D eigenvalue weighted by atomic mass is 28.3. The summed E-state index contributed by atoms with van der Waals surface area (Å²) in [7, 11) is 0.225. The van der Waals surface area contributed by atoms with Crippen LogP contribution in [0, 0.1) is 0 Å². The Bertz CT molecular complexity index is 717. The molecule has 2 rings (SSSR count). The van der Waals surface area contributed by atoms with Crippen molar-refractivity contribution in [3.63, 3.8) is 0 Å². The van der Waals surface area contributed by atoms with Gasteiger partial charge < -0.3 is 20.1 Å². The molecule has 1 atom stereocenters. The number of benzene rings is 1. The van der Waals surface area contributed by atoms with E-state index in [-0.39, 0.29) is 12.6 Å². The lowest BCUT2D eigenvalue weighted by Gasteiger charge is -2.22. The molecular weight excluding hydrogens is 366 g/mol. The van der Waals surface area contributed by atoms with Crippen molar-refractivity contribution in [1.29, 1.82) is 0 Å². The van der Waals surface area contributed by atoms with Crippen molar-refractivity contribution >= 4 is 26.1 Å². The van der Waals surface area contributed by atoms with Crippen LogP contribution in [0.25, 0.3) is 0 Å². The first-order chi connectivity index (χ1) is 12.6. The standard InChI is InChI=1S/C18H27N3O5Si/c1-18(13-6-8-14(9-7-13)26-17(24)19-2)15(22)21(16(23)20-18)12-25-10-11-27(3,4)5/h6-9H,10-12H2,1-5H3,(H,19,24)(H,20,23)/t18-/m0/s1. The van der Waals surface area contributed by atoms with E-state index in [0.29, 0.717) is 17.9 Å². The van der Waals surface area contributed by atoms with E-state index in [1.165, 1.54) is 7.05 Å². The van der Waals surface area contributed by atoms with Gasteiger partial charge in [-0.2, -0.15) is 0 Å². The largest absolute Gasteiger partial charge is 0.412 e. The van der Waals surface area contributed by atoms with Crippen LogP contribution in [-0.2, 0) is 15.1 Å². The third-order valence-electron chi connectivity index (χ3n) is 4.34. The van der Waals surface area contributed by atoms with Gasteiger partial charge in [-0.15, -0.1) is 0 Å². The predicted molar refractivity (Wildman–Crippen MR) is 103 cm³/mol. The molecule has 1 saturated heterocycles. The summed E-state index contributed by atoms with van der Waals surface area (Å²) in [5.41, 5.74) is -0.597. The lowest BCUT2D eigenvalue weighted by molar-refractivity contribution is -0.134. The minimum Gasteiger partial charge on any atom is -0.410 e. The number of hydrogen-bond donors (Lipinski definition) is 2. The fraction of sp³-hybridized carbons (Fsp3) is 0.500. The van der Waals surface area contributed by atoms with Crippen molar-refractivity contribution in [3.8, 4) is 5.75 Å². The molecule has 1 aromatic carbocycles. The number of rotatable bonds is 7. The minimum absolute atomic E-state index is 0.0669. The fourth-order valence-electron chi connectivity index (χ4n) is 2.56. The Morgan fingerprint density at radius 3 is 2.41 bits per heavy atom. The van der Waals surface area contributed by atoms with Crippen molar-refractivity contribution in [1.82, 2.24) is 15.5 Å². The molecule has 0 aliphatic carbocycles. The lowest BCUT2D eigenvalue weighted by Crippen LogP contribution is -2.41. The van der Waals surface area contributed by atoms with Crippen LogP contribution in [0.2, 0.25) is 25.7 Å². The van der Waals surface area contributed by atoms with Gasteiger partial charge in [-0.05, 0) is 30.7 Å². The molecule has 8 nitrogen and oxygen atoms in total. The smallest absolute Gasteiger partial charge is 0.410 e. The molecule has 148 valence electrons. The quantitative estimate of drug-likeness (QED) is 0.421. The van der Waals surface area contributed by atoms with Crippen LogP contribution in [-0.4, -0.2) is 51.4 Å². The van der Waals surface area contributed by atoms with E-state index in [2.05, 4.69) is 30.3 Å². The summed E-state index contributed by atoms with van der Waals surface area (Å²) in [6.45, 7) is 8.80. The second-order valence-corrected chi connectivity index (χ2v) is 13.4. The number of urea groups is 1. The van der Waals surface area contributed by atoms with Gasteiger partial charge in [-0.25, -0.2) is 14.5 Å². The van der Waals surface area contributed by atoms with Crippen molar-refractivity contribution in [2.75, 3.05) is 20.4 Å². The average Bonchev–Trinajstić information content (AvgIpc) is 2.81. The average molecular weight is 394 g/mol. The van der Waals surface area contributed by atoms with Crippen LogP contribution in [0.1, 0.15) is 12.5 Å². The maximum Gasteiger partial charge on any atom is 0.412 e. The molecule has 1 aliphatic rings. The van der Waals surface area contributed by atoms with Gasteiger partial charge in [0.1, 0.15) is 18.0 Å². The Hall–Kier alpha value is -2.39. The van der Waals surface area contributed by atoms with E-state index in [0.717, 1.165) is 10.9 Å². The van der Waals surface area contributed by atoms with Crippen LogP contribution in [0.15, 0.2) is 24.3 Å².